The molecule has 2 heterocycles. The van der Waals surface area contributed by atoms with E-state index in [1.165, 1.54) is 6.33 Å². The molecule has 0 radical (unpaired) electrons. The zero-order chi connectivity index (χ0) is 16.7. The molecule has 0 spiro atoms. The lowest BCUT2D eigenvalue weighted by molar-refractivity contribution is -0.105. The van der Waals surface area contributed by atoms with Crippen LogP contribution in [0.1, 0.15) is 18.9 Å². The molecule has 0 bridgehead atoms. The Bertz CT molecular complexity index is 694. The van der Waals surface area contributed by atoms with Crippen molar-refractivity contribution in [2.45, 2.75) is 25.0 Å². The van der Waals surface area contributed by atoms with E-state index in [0.29, 0.717) is 35.4 Å². The van der Waals surface area contributed by atoms with Gasteiger partial charge in [0.1, 0.15) is 12.0 Å². The molecular weight excluding hydrogens is 316 g/mol. The molecule has 0 aliphatic carbocycles. The fourth-order valence-electron chi connectivity index (χ4n) is 1.80. The van der Waals surface area contributed by atoms with E-state index in [1.807, 2.05) is 6.92 Å². The number of anilines is 3. The zero-order valence-corrected chi connectivity index (χ0v) is 13.4. The maximum atomic E-state index is 10.8. The second-order valence-electron chi connectivity index (χ2n) is 4.57. The van der Waals surface area contributed by atoms with Gasteiger partial charge in [0.25, 0.3) is 0 Å². The summed E-state index contributed by atoms with van der Waals surface area (Å²) in [5, 5.41) is 5.93. The van der Waals surface area contributed by atoms with Gasteiger partial charge in [0.05, 0.1) is 0 Å². The maximum absolute atomic E-state index is 10.8. The molecule has 2 aromatic rings. The van der Waals surface area contributed by atoms with Crippen LogP contribution in [0.4, 0.5) is 17.3 Å². The molecule has 9 nitrogen and oxygen atoms in total. The van der Waals surface area contributed by atoms with Gasteiger partial charge in [-0.15, -0.1) is 0 Å². The van der Waals surface area contributed by atoms with Crippen LogP contribution in [0.15, 0.2) is 23.9 Å². The normalized spacial score (nSPS) is 11.7. The number of hydrogen-bond donors (Lipinski definition) is 4. The lowest BCUT2D eigenvalue weighted by Gasteiger charge is -2.14. The van der Waals surface area contributed by atoms with E-state index >= 15 is 0 Å². The molecule has 1 amide bonds. The zero-order valence-electron chi connectivity index (χ0n) is 12.6. The lowest BCUT2D eigenvalue weighted by atomic mass is 10.3. The highest BCUT2D eigenvalue weighted by molar-refractivity contribution is 7.85. The molecule has 0 aliphatic heterocycles. The maximum Gasteiger partial charge on any atom is 0.211 e. The number of rotatable bonds is 8. The highest BCUT2D eigenvalue weighted by Crippen LogP contribution is 2.26. The molecule has 0 saturated carbocycles. The van der Waals surface area contributed by atoms with Crippen LogP contribution in [0.25, 0.3) is 0 Å². The van der Waals surface area contributed by atoms with Gasteiger partial charge in [0.15, 0.2) is 11.6 Å². The number of carbonyl (C=O) groups is 1. The van der Waals surface area contributed by atoms with E-state index in [9.17, 15) is 4.79 Å². The first-order chi connectivity index (χ1) is 11.2. The van der Waals surface area contributed by atoms with E-state index in [1.54, 1.807) is 12.4 Å². The van der Waals surface area contributed by atoms with Crippen LogP contribution < -0.4 is 16.4 Å². The fraction of sp³-hybridized carbons (Fsp3) is 0.308. The number of nitrogen functional groups attached to an aromatic ring is 1. The van der Waals surface area contributed by atoms with Crippen molar-refractivity contribution in [1.29, 1.82) is 4.78 Å². The van der Waals surface area contributed by atoms with Gasteiger partial charge in [-0.3, -0.25) is 9.57 Å². The first-order valence-corrected chi connectivity index (χ1v) is 8.32. The summed E-state index contributed by atoms with van der Waals surface area (Å²) in [4.78, 5) is 27.1. The quantitative estimate of drug-likeness (QED) is 0.419. The average Bonchev–Trinajstić information content (AvgIpc) is 2.56. The highest BCUT2D eigenvalue weighted by atomic mass is 32.2. The van der Waals surface area contributed by atoms with Crippen LogP contribution in [0, 0.1) is 4.78 Å². The molecular formula is C13H18N8OS. The second kappa shape index (κ2) is 8.13. The molecule has 0 saturated heterocycles. The number of nitrogens with zero attached hydrogens (tertiary/aromatic N) is 4. The van der Waals surface area contributed by atoms with Crippen LogP contribution in [0.3, 0.4) is 0 Å². The van der Waals surface area contributed by atoms with Crippen molar-refractivity contribution in [3.05, 3.63) is 24.3 Å². The van der Waals surface area contributed by atoms with E-state index in [-0.39, 0.29) is 5.82 Å². The molecule has 1 unspecified atom stereocenters. The van der Waals surface area contributed by atoms with Crippen molar-refractivity contribution in [2.75, 3.05) is 22.1 Å². The number of aromatic nitrogens is 4. The molecule has 23 heavy (non-hydrogen) atoms. The highest BCUT2D eigenvalue weighted by Gasteiger charge is 2.14. The van der Waals surface area contributed by atoms with Gasteiger partial charge in [-0.1, -0.05) is 6.92 Å². The van der Waals surface area contributed by atoms with Gasteiger partial charge in [-0.25, -0.2) is 19.9 Å². The first kappa shape index (κ1) is 16.7. The summed E-state index contributed by atoms with van der Waals surface area (Å²) in [6.07, 6.45) is 6.15. The number of amides is 1. The Hall–Kier alpha value is -2.62. The molecule has 122 valence electrons. The molecule has 5 N–H and O–H groups in total. The summed E-state index contributed by atoms with van der Waals surface area (Å²) >= 11 is 0. The minimum Gasteiger partial charge on any atom is -0.382 e. The molecule has 2 rings (SSSR count). The Morgan fingerprint density at radius 2 is 2.09 bits per heavy atom. The van der Waals surface area contributed by atoms with Crippen LogP contribution in [0.2, 0.25) is 0 Å². The van der Waals surface area contributed by atoms with Crippen molar-refractivity contribution in [3.63, 3.8) is 0 Å². The van der Waals surface area contributed by atoms with Crippen molar-refractivity contribution in [2.24, 2.45) is 0 Å². The van der Waals surface area contributed by atoms with Crippen LogP contribution in [-0.4, -0.2) is 32.1 Å². The molecule has 0 fully saturated rings. The van der Waals surface area contributed by atoms with Gasteiger partial charge in [0.2, 0.25) is 11.6 Å². The predicted molar refractivity (Wildman–Crippen MR) is 89.0 cm³/mol. The van der Waals surface area contributed by atoms with Gasteiger partial charge in [0, 0.05) is 30.3 Å². The third-order valence-corrected chi connectivity index (χ3v) is 4.26. The summed E-state index contributed by atoms with van der Waals surface area (Å²) in [6.45, 7) is 2.40. The van der Waals surface area contributed by atoms with E-state index in [0.717, 1.165) is 12.0 Å². The summed E-state index contributed by atoms with van der Waals surface area (Å²) in [5.41, 5.74) is 7.04. The molecule has 1 atom stereocenters. The third kappa shape index (κ3) is 4.42. The van der Waals surface area contributed by atoms with Crippen molar-refractivity contribution in [3.8, 4) is 0 Å². The number of carbonyl (C=O) groups excluding carboxylic acids is 1. The molecule has 0 aliphatic rings. The Morgan fingerprint density at radius 1 is 1.35 bits per heavy atom. The number of nitrogens with one attached hydrogen (secondary N) is 3. The largest absolute Gasteiger partial charge is 0.382 e. The lowest BCUT2D eigenvalue weighted by Crippen LogP contribution is -2.13. The monoisotopic (exact) mass is 334 g/mol. The van der Waals surface area contributed by atoms with Gasteiger partial charge in [-0.2, -0.15) is 0 Å². The van der Waals surface area contributed by atoms with Crippen LogP contribution in [-0.2, 0) is 22.0 Å². The Balaban J connectivity index is 2.29. The van der Waals surface area contributed by atoms with Crippen molar-refractivity contribution < 1.29 is 4.79 Å². The van der Waals surface area contributed by atoms with Crippen molar-refractivity contribution >= 4 is 34.4 Å². The molecule has 2 aromatic heterocycles. The standard InChI is InChI=1S/C13H18N8OS/c1-2-3-23(15)13-20-11(14)10(19-8-22)12(21-13)18-6-9-4-16-7-17-5-9/h4-5,7-8,15H,2-3,6H2,1H3,(H,19,22)(H3,14,18,20,21). The minimum atomic E-state index is -0.847. The van der Waals surface area contributed by atoms with E-state index in [2.05, 4.69) is 30.6 Å². The molecule has 0 aromatic carbocycles. The van der Waals surface area contributed by atoms with Crippen LogP contribution in [0.5, 0.6) is 0 Å². The molecule has 10 heteroatoms. The average molecular weight is 334 g/mol. The third-order valence-electron chi connectivity index (χ3n) is 2.82. The Labute approximate surface area is 136 Å². The van der Waals surface area contributed by atoms with E-state index in [4.69, 9.17) is 10.5 Å². The SMILES string of the molecule is CCCS(=N)c1nc(N)c(NC=O)c(NCc2cncnc2)n1. The van der Waals surface area contributed by atoms with E-state index < -0.39 is 10.7 Å². The number of hydrogen-bond acceptors (Lipinski definition) is 8. The number of nitrogens with two attached hydrogens (primary N) is 1. The Morgan fingerprint density at radius 3 is 2.74 bits per heavy atom. The van der Waals surface area contributed by atoms with Gasteiger partial charge in [-0.05, 0) is 17.1 Å². The topological polar surface area (TPSA) is 143 Å². The smallest absolute Gasteiger partial charge is 0.211 e. The fourth-order valence-corrected chi connectivity index (χ4v) is 2.80. The summed E-state index contributed by atoms with van der Waals surface area (Å²) in [5.74, 6) is 1.17. The van der Waals surface area contributed by atoms with Gasteiger partial charge < -0.3 is 16.4 Å². The Kier molecular flexibility index (Phi) is 5.92. The van der Waals surface area contributed by atoms with Gasteiger partial charge >= 0.3 is 0 Å². The van der Waals surface area contributed by atoms with Crippen molar-refractivity contribution in [1.82, 2.24) is 19.9 Å². The summed E-state index contributed by atoms with van der Waals surface area (Å²) in [6, 6.07) is 0. The first-order valence-electron chi connectivity index (χ1n) is 6.93. The minimum absolute atomic E-state index is 0.134. The summed E-state index contributed by atoms with van der Waals surface area (Å²) in [7, 11) is -0.847. The predicted octanol–water partition coefficient (Wildman–Crippen LogP) is 1.18. The second-order valence-corrected chi connectivity index (χ2v) is 6.13. The summed E-state index contributed by atoms with van der Waals surface area (Å²) < 4.78 is 8.08. The van der Waals surface area contributed by atoms with Crippen LogP contribution >= 0.6 is 0 Å².